The quantitative estimate of drug-likeness (QED) is 0.556. The number of nitrogens with two attached hydrogens (primary N) is 1. The van der Waals surface area contributed by atoms with Crippen molar-refractivity contribution in [2.45, 2.75) is 13.8 Å². The van der Waals surface area contributed by atoms with Gasteiger partial charge in [0.15, 0.2) is 0 Å². The summed E-state index contributed by atoms with van der Waals surface area (Å²) in [5.74, 6) is -1.98. The molecule has 0 saturated heterocycles. The average molecular weight is 238 g/mol. The van der Waals surface area contributed by atoms with E-state index in [1.54, 1.807) is 0 Å². The molecule has 17 heavy (non-hydrogen) atoms. The molecule has 0 unspecified atom stereocenters. The fraction of sp³-hybridized carbons (Fsp3) is 0.250. The van der Waals surface area contributed by atoms with E-state index in [0.717, 1.165) is 11.6 Å². The number of anilines is 2. The molecule has 0 heterocycles. The number of hydrogen-bond donors (Lipinski definition) is 3. The summed E-state index contributed by atoms with van der Waals surface area (Å²) >= 11 is 0. The largest absolute Gasteiger partial charge is 0.478 e. The van der Waals surface area contributed by atoms with E-state index < -0.39 is 11.8 Å². The lowest BCUT2D eigenvalue weighted by Gasteiger charge is -2.10. The van der Waals surface area contributed by atoms with Crippen LogP contribution in [0, 0.1) is 5.82 Å². The third-order valence-electron chi connectivity index (χ3n) is 2.21. The lowest BCUT2D eigenvalue weighted by molar-refractivity contribution is 0.0698. The van der Waals surface area contributed by atoms with Gasteiger partial charge in [-0.15, -0.1) is 0 Å². The van der Waals surface area contributed by atoms with Crippen LogP contribution in [0.1, 0.15) is 24.2 Å². The van der Waals surface area contributed by atoms with Gasteiger partial charge in [0.1, 0.15) is 11.4 Å². The van der Waals surface area contributed by atoms with Gasteiger partial charge >= 0.3 is 5.97 Å². The number of aromatic carboxylic acids is 1. The predicted molar refractivity (Wildman–Crippen MR) is 65.7 cm³/mol. The van der Waals surface area contributed by atoms with Crippen molar-refractivity contribution in [2.75, 3.05) is 17.6 Å². The summed E-state index contributed by atoms with van der Waals surface area (Å²) in [6.07, 6.45) is 1.89. The maximum Gasteiger partial charge on any atom is 0.340 e. The monoisotopic (exact) mass is 238 g/mol. The van der Waals surface area contributed by atoms with Crippen molar-refractivity contribution < 1.29 is 14.3 Å². The molecule has 92 valence electrons. The fourth-order valence-corrected chi connectivity index (χ4v) is 1.34. The molecule has 0 amide bonds. The van der Waals surface area contributed by atoms with E-state index in [-0.39, 0.29) is 11.3 Å². The predicted octanol–water partition coefficient (Wildman–Crippen LogP) is 2.48. The van der Waals surface area contributed by atoms with Crippen molar-refractivity contribution in [3.63, 3.8) is 0 Å². The van der Waals surface area contributed by atoms with Crippen molar-refractivity contribution >= 4 is 17.3 Å². The van der Waals surface area contributed by atoms with Gasteiger partial charge < -0.3 is 16.2 Å². The van der Waals surface area contributed by atoms with Crippen LogP contribution in [0.25, 0.3) is 0 Å². The topological polar surface area (TPSA) is 75.3 Å². The summed E-state index contributed by atoms with van der Waals surface area (Å²) in [7, 11) is 0. The lowest BCUT2D eigenvalue weighted by Crippen LogP contribution is -2.10. The Morgan fingerprint density at radius 2 is 2.18 bits per heavy atom. The zero-order valence-corrected chi connectivity index (χ0v) is 9.75. The van der Waals surface area contributed by atoms with E-state index in [0.29, 0.717) is 12.2 Å². The smallest absolute Gasteiger partial charge is 0.340 e. The molecule has 0 fully saturated rings. The Balaban J connectivity index is 3.03. The molecular formula is C12H15FN2O2. The summed E-state index contributed by atoms with van der Waals surface area (Å²) in [6.45, 7) is 4.32. The summed E-state index contributed by atoms with van der Waals surface area (Å²) in [5, 5.41) is 11.9. The first kappa shape index (κ1) is 13.0. The number of benzene rings is 1. The van der Waals surface area contributed by atoms with E-state index >= 15 is 0 Å². The first-order valence-corrected chi connectivity index (χ1v) is 5.12. The molecule has 5 heteroatoms. The zero-order valence-electron chi connectivity index (χ0n) is 9.75. The molecule has 0 atom stereocenters. The zero-order chi connectivity index (χ0) is 13.0. The second kappa shape index (κ2) is 5.34. The van der Waals surface area contributed by atoms with Crippen molar-refractivity contribution in [3.8, 4) is 0 Å². The van der Waals surface area contributed by atoms with E-state index in [1.807, 2.05) is 19.9 Å². The summed E-state index contributed by atoms with van der Waals surface area (Å²) in [4.78, 5) is 11.0. The van der Waals surface area contributed by atoms with Gasteiger partial charge in [0.25, 0.3) is 0 Å². The molecule has 1 rings (SSSR count). The molecule has 0 bridgehead atoms. The number of carboxylic acids is 1. The Morgan fingerprint density at radius 3 is 2.71 bits per heavy atom. The van der Waals surface area contributed by atoms with Crippen LogP contribution in [0.15, 0.2) is 23.8 Å². The van der Waals surface area contributed by atoms with Crippen molar-refractivity contribution in [1.82, 2.24) is 0 Å². The molecule has 1 aromatic rings. The van der Waals surface area contributed by atoms with Gasteiger partial charge in [-0.1, -0.05) is 11.6 Å². The Bertz CT molecular complexity index is 466. The first-order valence-electron chi connectivity index (χ1n) is 5.12. The summed E-state index contributed by atoms with van der Waals surface area (Å²) in [6, 6.07) is 2.51. The molecule has 0 aliphatic heterocycles. The van der Waals surface area contributed by atoms with Crippen LogP contribution in [-0.4, -0.2) is 17.6 Å². The number of allylic oxidation sites excluding steroid dienone is 1. The number of nitrogens with one attached hydrogen (secondary N) is 1. The Labute approximate surface area is 98.9 Å². The van der Waals surface area contributed by atoms with E-state index in [2.05, 4.69) is 5.32 Å². The van der Waals surface area contributed by atoms with Crippen LogP contribution in [0.4, 0.5) is 15.8 Å². The van der Waals surface area contributed by atoms with Crippen LogP contribution in [0.3, 0.4) is 0 Å². The third kappa shape index (κ3) is 3.21. The number of carbonyl (C=O) groups is 1. The van der Waals surface area contributed by atoms with Crippen molar-refractivity contribution in [3.05, 3.63) is 35.2 Å². The molecule has 0 aliphatic rings. The standard InChI is InChI=1S/C12H15FN2O2/c1-7(2)5-6-15-9-4-3-8(13)11(14)10(9)12(16)17/h3-5,15H,6,14H2,1-2H3,(H,16,17). The molecule has 4 nitrogen and oxygen atoms in total. The highest BCUT2D eigenvalue weighted by atomic mass is 19.1. The number of halogens is 1. The van der Waals surface area contributed by atoms with Gasteiger partial charge in [-0.05, 0) is 26.0 Å². The molecule has 0 spiro atoms. The van der Waals surface area contributed by atoms with E-state index in [4.69, 9.17) is 10.8 Å². The molecule has 1 aromatic carbocycles. The second-order valence-corrected chi connectivity index (χ2v) is 3.85. The third-order valence-corrected chi connectivity index (χ3v) is 2.21. The fourth-order valence-electron chi connectivity index (χ4n) is 1.34. The minimum Gasteiger partial charge on any atom is -0.478 e. The van der Waals surface area contributed by atoms with E-state index in [1.165, 1.54) is 6.07 Å². The molecule has 4 N–H and O–H groups in total. The molecule has 0 radical (unpaired) electrons. The van der Waals surface area contributed by atoms with Crippen LogP contribution in [-0.2, 0) is 0 Å². The highest BCUT2D eigenvalue weighted by Crippen LogP contribution is 2.24. The normalized spacial score (nSPS) is 9.82. The average Bonchev–Trinajstić information content (AvgIpc) is 2.22. The first-order chi connectivity index (χ1) is 7.93. The van der Waals surface area contributed by atoms with Gasteiger partial charge in [0.2, 0.25) is 0 Å². The minimum absolute atomic E-state index is 0.229. The van der Waals surface area contributed by atoms with Crippen LogP contribution in [0.2, 0.25) is 0 Å². The Kier molecular flexibility index (Phi) is 4.09. The maximum atomic E-state index is 13.1. The van der Waals surface area contributed by atoms with Gasteiger partial charge in [-0.2, -0.15) is 0 Å². The summed E-state index contributed by atoms with van der Waals surface area (Å²) in [5.41, 5.74) is 6.24. The molecule has 0 aromatic heterocycles. The number of carboxylic acid groups (broad SMARTS) is 1. The number of rotatable bonds is 4. The minimum atomic E-state index is -1.25. The van der Waals surface area contributed by atoms with Gasteiger partial charge in [-0.3, -0.25) is 0 Å². The number of nitrogen functional groups attached to an aromatic ring is 1. The summed E-state index contributed by atoms with van der Waals surface area (Å²) < 4.78 is 13.1. The Hall–Kier alpha value is -2.04. The van der Waals surface area contributed by atoms with Gasteiger partial charge in [0.05, 0.1) is 11.4 Å². The van der Waals surface area contributed by atoms with Crippen molar-refractivity contribution in [2.24, 2.45) is 0 Å². The molecular weight excluding hydrogens is 223 g/mol. The van der Waals surface area contributed by atoms with Crippen LogP contribution < -0.4 is 11.1 Å². The van der Waals surface area contributed by atoms with Crippen LogP contribution in [0.5, 0.6) is 0 Å². The van der Waals surface area contributed by atoms with Gasteiger partial charge in [-0.25, -0.2) is 9.18 Å². The molecule has 0 aliphatic carbocycles. The SMILES string of the molecule is CC(C)=CCNc1ccc(F)c(N)c1C(=O)O. The van der Waals surface area contributed by atoms with Crippen LogP contribution >= 0.6 is 0 Å². The number of hydrogen-bond acceptors (Lipinski definition) is 3. The highest BCUT2D eigenvalue weighted by molar-refractivity contribution is 6.00. The van der Waals surface area contributed by atoms with E-state index in [9.17, 15) is 9.18 Å². The van der Waals surface area contributed by atoms with Crippen molar-refractivity contribution in [1.29, 1.82) is 0 Å². The highest BCUT2D eigenvalue weighted by Gasteiger charge is 2.16. The Morgan fingerprint density at radius 1 is 1.53 bits per heavy atom. The van der Waals surface area contributed by atoms with Gasteiger partial charge in [0, 0.05) is 6.54 Å². The maximum absolute atomic E-state index is 13.1. The molecule has 0 saturated carbocycles. The second-order valence-electron chi connectivity index (χ2n) is 3.85. The lowest BCUT2D eigenvalue weighted by atomic mass is 10.1.